The molecule has 0 unspecified atom stereocenters. The van der Waals surface area contributed by atoms with E-state index < -0.39 is 0 Å². The highest BCUT2D eigenvalue weighted by atomic mass is 16.1. The fourth-order valence-corrected chi connectivity index (χ4v) is 1.50. The normalized spacial score (nSPS) is 11.8. The van der Waals surface area contributed by atoms with Gasteiger partial charge >= 0.3 is 0 Å². The lowest BCUT2D eigenvalue weighted by Crippen LogP contribution is -2.20. The summed E-state index contributed by atoms with van der Waals surface area (Å²) in [7, 11) is 1.83. The number of aryl methyl sites for hydroxylation is 1. The molecule has 0 aliphatic rings. The van der Waals surface area contributed by atoms with Crippen LogP contribution in [0.15, 0.2) is 23.1 Å². The van der Waals surface area contributed by atoms with Gasteiger partial charge in [0.05, 0.1) is 5.69 Å². The highest BCUT2D eigenvalue weighted by molar-refractivity contribution is 5.48. The standard InChI is InChI=1S/C12H16N4O/c1-12(2,3)9-7-10(17)14-11(13-9)8-5-6-16(4)15-8/h5-7H,1-4H3,(H,13,14,17). The van der Waals surface area contributed by atoms with Crippen LogP contribution in [0, 0.1) is 0 Å². The van der Waals surface area contributed by atoms with Gasteiger partial charge in [-0.2, -0.15) is 5.10 Å². The third-order valence-corrected chi connectivity index (χ3v) is 2.47. The number of hydrogen-bond acceptors (Lipinski definition) is 3. The SMILES string of the molecule is Cn1ccc(-c2nc(C(C)(C)C)cc(=O)[nH]2)n1. The Balaban J connectivity index is 2.57. The first kappa shape index (κ1) is 11.6. The Bertz CT molecular complexity index is 589. The van der Waals surface area contributed by atoms with Crippen LogP contribution in [0.4, 0.5) is 0 Å². The largest absolute Gasteiger partial charge is 0.305 e. The van der Waals surface area contributed by atoms with Crippen molar-refractivity contribution in [2.75, 3.05) is 0 Å². The van der Waals surface area contributed by atoms with Crippen molar-refractivity contribution in [3.8, 4) is 11.5 Å². The van der Waals surface area contributed by atoms with Crippen LogP contribution in [0.5, 0.6) is 0 Å². The molecule has 2 rings (SSSR count). The molecule has 0 spiro atoms. The maximum atomic E-state index is 11.6. The van der Waals surface area contributed by atoms with Crippen LogP contribution in [-0.2, 0) is 12.5 Å². The molecule has 2 aromatic heterocycles. The van der Waals surface area contributed by atoms with Crippen molar-refractivity contribution in [2.45, 2.75) is 26.2 Å². The van der Waals surface area contributed by atoms with E-state index in [1.807, 2.05) is 40.1 Å². The van der Waals surface area contributed by atoms with Gasteiger partial charge in [-0.15, -0.1) is 0 Å². The zero-order valence-electron chi connectivity index (χ0n) is 10.5. The average Bonchev–Trinajstić information content (AvgIpc) is 2.62. The van der Waals surface area contributed by atoms with Crippen LogP contribution in [0.3, 0.4) is 0 Å². The Hall–Kier alpha value is -1.91. The summed E-state index contributed by atoms with van der Waals surface area (Å²) in [5, 5.41) is 4.23. The Morgan fingerprint density at radius 3 is 2.59 bits per heavy atom. The first-order chi connectivity index (χ1) is 7.86. The molecule has 0 saturated heterocycles. The van der Waals surface area contributed by atoms with Gasteiger partial charge in [-0.05, 0) is 6.07 Å². The lowest BCUT2D eigenvalue weighted by Gasteiger charge is -2.17. The molecule has 2 aromatic rings. The molecule has 0 saturated carbocycles. The third-order valence-electron chi connectivity index (χ3n) is 2.47. The van der Waals surface area contributed by atoms with Crippen LogP contribution < -0.4 is 5.56 Å². The van der Waals surface area contributed by atoms with E-state index in [2.05, 4.69) is 15.1 Å². The molecule has 0 aliphatic heterocycles. The van der Waals surface area contributed by atoms with Gasteiger partial charge in [0.15, 0.2) is 5.82 Å². The molecule has 17 heavy (non-hydrogen) atoms. The summed E-state index contributed by atoms with van der Waals surface area (Å²) in [6.45, 7) is 6.07. The average molecular weight is 232 g/mol. The van der Waals surface area contributed by atoms with Gasteiger partial charge in [-0.3, -0.25) is 9.48 Å². The second-order valence-corrected chi connectivity index (χ2v) is 5.10. The molecule has 0 aliphatic carbocycles. The molecule has 0 radical (unpaired) electrons. The first-order valence-electron chi connectivity index (χ1n) is 5.48. The summed E-state index contributed by atoms with van der Waals surface area (Å²) in [5.74, 6) is 0.517. The van der Waals surface area contributed by atoms with Gasteiger partial charge in [-0.25, -0.2) is 4.98 Å². The molecular weight excluding hydrogens is 216 g/mol. The van der Waals surface area contributed by atoms with Crippen molar-refractivity contribution in [1.29, 1.82) is 0 Å². The summed E-state index contributed by atoms with van der Waals surface area (Å²) in [6.07, 6.45) is 1.82. The highest BCUT2D eigenvalue weighted by Crippen LogP contribution is 2.20. The number of aromatic nitrogens is 4. The second-order valence-electron chi connectivity index (χ2n) is 5.10. The number of aromatic amines is 1. The van der Waals surface area contributed by atoms with Gasteiger partial charge in [0.25, 0.3) is 5.56 Å². The van der Waals surface area contributed by atoms with E-state index in [0.717, 1.165) is 5.69 Å². The van der Waals surface area contributed by atoms with E-state index in [4.69, 9.17) is 0 Å². The minimum Gasteiger partial charge on any atom is -0.305 e. The molecule has 0 aromatic carbocycles. The quantitative estimate of drug-likeness (QED) is 0.809. The Morgan fingerprint density at radius 1 is 1.35 bits per heavy atom. The van der Waals surface area contributed by atoms with E-state index >= 15 is 0 Å². The fraction of sp³-hybridized carbons (Fsp3) is 0.417. The predicted octanol–water partition coefficient (Wildman–Crippen LogP) is 1.47. The van der Waals surface area contributed by atoms with Crippen LogP contribution in [0.25, 0.3) is 11.5 Å². The van der Waals surface area contributed by atoms with Crippen LogP contribution >= 0.6 is 0 Å². The van der Waals surface area contributed by atoms with Gasteiger partial charge in [0, 0.05) is 24.7 Å². The van der Waals surface area contributed by atoms with Gasteiger partial charge in [-0.1, -0.05) is 20.8 Å². The molecule has 0 bridgehead atoms. The summed E-state index contributed by atoms with van der Waals surface area (Å²) >= 11 is 0. The maximum Gasteiger partial charge on any atom is 0.251 e. The van der Waals surface area contributed by atoms with Crippen LogP contribution in [-0.4, -0.2) is 19.7 Å². The molecule has 90 valence electrons. The molecule has 1 N–H and O–H groups in total. The van der Waals surface area contributed by atoms with Crippen molar-refractivity contribution in [3.05, 3.63) is 34.4 Å². The van der Waals surface area contributed by atoms with Crippen LogP contribution in [0.2, 0.25) is 0 Å². The van der Waals surface area contributed by atoms with E-state index in [0.29, 0.717) is 11.5 Å². The number of rotatable bonds is 1. The Kier molecular flexibility index (Phi) is 2.61. The van der Waals surface area contributed by atoms with Crippen molar-refractivity contribution in [2.24, 2.45) is 7.05 Å². The molecule has 5 nitrogen and oxygen atoms in total. The number of H-pyrrole nitrogens is 1. The Morgan fingerprint density at radius 2 is 2.06 bits per heavy atom. The second kappa shape index (κ2) is 3.84. The van der Waals surface area contributed by atoms with E-state index in [-0.39, 0.29) is 11.0 Å². The van der Waals surface area contributed by atoms with E-state index in [1.54, 1.807) is 4.68 Å². The van der Waals surface area contributed by atoms with Crippen molar-refractivity contribution >= 4 is 0 Å². The van der Waals surface area contributed by atoms with Crippen LogP contribution in [0.1, 0.15) is 26.5 Å². The lowest BCUT2D eigenvalue weighted by atomic mass is 9.92. The molecule has 0 atom stereocenters. The predicted molar refractivity (Wildman–Crippen MR) is 65.8 cm³/mol. The maximum absolute atomic E-state index is 11.6. The summed E-state index contributed by atoms with van der Waals surface area (Å²) in [4.78, 5) is 18.8. The van der Waals surface area contributed by atoms with Gasteiger partial charge in [0.1, 0.15) is 5.69 Å². The molecular formula is C12H16N4O. The van der Waals surface area contributed by atoms with Crippen molar-refractivity contribution in [3.63, 3.8) is 0 Å². The number of nitrogens with zero attached hydrogens (tertiary/aromatic N) is 3. The highest BCUT2D eigenvalue weighted by Gasteiger charge is 2.18. The molecule has 0 fully saturated rings. The molecule has 2 heterocycles. The minimum absolute atomic E-state index is 0.148. The zero-order valence-corrected chi connectivity index (χ0v) is 10.5. The first-order valence-corrected chi connectivity index (χ1v) is 5.48. The zero-order chi connectivity index (χ0) is 12.6. The number of nitrogens with one attached hydrogen (secondary N) is 1. The van der Waals surface area contributed by atoms with Gasteiger partial charge < -0.3 is 4.98 Å². The smallest absolute Gasteiger partial charge is 0.251 e. The molecule has 0 amide bonds. The Labute approximate surface area is 99.5 Å². The lowest BCUT2D eigenvalue weighted by molar-refractivity contribution is 0.566. The minimum atomic E-state index is -0.155. The molecule has 5 heteroatoms. The summed E-state index contributed by atoms with van der Waals surface area (Å²) in [5.41, 5.74) is 1.14. The topological polar surface area (TPSA) is 63.6 Å². The third kappa shape index (κ3) is 2.43. The number of hydrogen-bond donors (Lipinski definition) is 1. The van der Waals surface area contributed by atoms with E-state index in [1.165, 1.54) is 6.07 Å². The summed E-state index contributed by atoms with van der Waals surface area (Å²) < 4.78 is 1.68. The van der Waals surface area contributed by atoms with E-state index in [9.17, 15) is 4.79 Å². The monoisotopic (exact) mass is 232 g/mol. The fourth-order valence-electron chi connectivity index (χ4n) is 1.50. The van der Waals surface area contributed by atoms with Gasteiger partial charge in [0.2, 0.25) is 0 Å². The van der Waals surface area contributed by atoms with Crippen molar-refractivity contribution < 1.29 is 0 Å². The van der Waals surface area contributed by atoms with Crippen molar-refractivity contribution in [1.82, 2.24) is 19.7 Å². The summed E-state index contributed by atoms with van der Waals surface area (Å²) in [6, 6.07) is 3.36.